The highest BCUT2D eigenvalue weighted by molar-refractivity contribution is 7.92. The normalized spacial score (nSPS) is 11.4. The van der Waals surface area contributed by atoms with Gasteiger partial charge in [0.2, 0.25) is 0 Å². The molecule has 0 aromatic heterocycles. The summed E-state index contributed by atoms with van der Waals surface area (Å²) in [5.41, 5.74) is 1.48. The molecule has 0 fully saturated rings. The zero-order valence-corrected chi connectivity index (χ0v) is 15.0. The molecular weight excluding hydrogens is 365 g/mol. The molecule has 3 aromatic rings. The maximum atomic E-state index is 12.9. The monoisotopic (exact) mass is 381 g/mol. The molecule has 6 heteroatoms. The van der Waals surface area contributed by atoms with Crippen molar-refractivity contribution in [1.82, 2.24) is 0 Å². The number of rotatable bonds is 6. The number of carbonyl (C=O) groups excluding carboxylic acids is 1. The van der Waals surface area contributed by atoms with Crippen LogP contribution in [0.1, 0.15) is 15.9 Å². The van der Waals surface area contributed by atoms with Gasteiger partial charge >= 0.3 is 0 Å². The van der Waals surface area contributed by atoms with Gasteiger partial charge in [0.15, 0.2) is 5.78 Å². The van der Waals surface area contributed by atoms with Gasteiger partial charge in [-0.15, -0.1) is 0 Å². The second kappa shape index (κ2) is 7.97. The van der Waals surface area contributed by atoms with Crippen molar-refractivity contribution < 1.29 is 17.6 Å². The third-order valence-corrected chi connectivity index (χ3v) is 5.17. The molecule has 3 aromatic carbocycles. The first-order valence-electron chi connectivity index (χ1n) is 8.10. The lowest BCUT2D eigenvalue weighted by Gasteiger charge is -2.08. The summed E-state index contributed by atoms with van der Waals surface area (Å²) in [4.78, 5) is 12.4. The van der Waals surface area contributed by atoms with E-state index in [1.165, 1.54) is 42.5 Å². The average molecular weight is 381 g/mol. The maximum absolute atomic E-state index is 12.9. The van der Waals surface area contributed by atoms with Crippen molar-refractivity contribution in [1.29, 1.82) is 0 Å². The smallest absolute Gasteiger partial charge is 0.261 e. The zero-order chi connectivity index (χ0) is 19.3. The van der Waals surface area contributed by atoms with Crippen molar-refractivity contribution in [3.63, 3.8) is 0 Å². The second-order valence-corrected chi connectivity index (χ2v) is 7.43. The van der Waals surface area contributed by atoms with E-state index in [1.807, 2.05) is 0 Å². The fourth-order valence-electron chi connectivity index (χ4n) is 2.36. The Bertz CT molecular complexity index is 1060. The van der Waals surface area contributed by atoms with Crippen LogP contribution in [0.3, 0.4) is 0 Å². The highest BCUT2D eigenvalue weighted by Gasteiger charge is 2.13. The number of benzene rings is 3. The van der Waals surface area contributed by atoms with Gasteiger partial charge in [-0.25, -0.2) is 12.8 Å². The summed E-state index contributed by atoms with van der Waals surface area (Å²) < 4.78 is 39.9. The van der Waals surface area contributed by atoms with Crippen LogP contribution in [0.15, 0.2) is 89.8 Å². The minimum atomic E-state index is -3.68. The summed E-state index contributed by atoms with van der Waals surface area (Å²) in [6.45, 7) is 0. The molecule has 0 aliphatic rings. The predicted octanol–water partition coefficient (Wildman–Crippen LogP) is 4.52. The first-order chi connectivity index (χ1) is 12.9. The van der Waals surface area contributed by atoms with Gasteiger partial charge in [0.1, 0.15) is 5.82 Å². The fourth-order valence-corrected chi connectivity index (χ4v) is 3.44. The van der Waals surface area contributed by atoms with Gasteiger partial charge in [0.05, 0.1) is 4.90 Å². The van der Waals surface area contributed by atoms with Crippen LogP contribution in [0.25, 0.3) is 6.08 Å². The van der Waals surface area contributed by atoms with Crippen LogP contribution < -0.4 is 4.72 Å². The third-order valence-electron chi connectivity index (χ3n) is 3.77. The molecular formula is C21H16FNO3S. The molecule has 4 nitrogen and oxygen atoms in total. The van der Waals surface area contributed by atoms with Crippen LogP contribution in [0, 0.1) is 5.82 Å². The second-order valence-electron chi connectivity index (χ2n) is 5.75. The van der Waals surface area contributed by atoms with E-state index in [0.29, 0.717) is 16.8 Å². The van der Waals surface area contributed by atoms with Crippen molar-refractivity contribution in [3.8, 4) is 0 Å². The number of anilines is 1. The van der Waals surface area contributed by atoms with Crippen LogP contribution in [-0.2, 0) is 10.0 Å². The van der Waals surface area contributed by atoms with E-state index in [1.54, 1.807) is 48.5 Å². The Hall–Kier alpha value is -3.25. The fraction of sp³-hybridized carbons (Fsp3) is 0. The number of sulfonamides is 1. The minimum Gasteiger partial charge on any atom is -0.289 e. The van der Waals surface area contributed by atoms with Crippen LogP contribution in [0.5, 0.6) is 0 Å². The molecule has 0 aliphatic carbocycles. The van der Waals surface area contributed by atoms with E-state index < -0.39 is 10.0 Å². The predicted molar refractivity (Wildman–Crippen MR) is 103 cm³/mol. The molecule has 27 heavy (non-hydrogen) atoms. The van der Waals surface area contributed by atoms with Gasteiger partial charge in [-0.2, -0.15) is 0 Å². The van der Waals surface area contributed by atoms with E-state index in [9.17, 15) is 17.6 Å². The molecule has 1 N–H and O–H groups in total. The van der Waals surface area contributed by atoms with Crippen molar-refractivity contribution in [3.05, 3.63) is 102 Å². The standard InChI is InChI=1S/C21H16FNO3S/c22-18-11-6-16(7-12-18)8-15-21(24)17-9-13-19(14-10-17)23-27(25,26)20-4-2-1-3-5-20/h1-15,23H/b15-8+. The number of allylic oxidation sites excluding steroid dienone is 1. The quantitative estimate of drug-likeness (QED) is 0.504. The maximum Gasteiger partial charge on any atom is 0.261 e. The van der Waals surface area contributed by atoms with Crippen LogP contribution >= 0.6 is 0 Å². The van der Waals surface area contributed by atoms with Crippen molar-refractivity contribution in [2.45, 2.75) is 4.90 Å². The lowest BCUT2D eigenvalue weighted by molar-refractivity contribution is 0.104. The Morgan fingerprint density at radius 3 is 2.11 bits per heavy atom. The van der Waals surface area contributed by atoms with Crippen LogP contribution in [-0.4, -0.2) is 14.2 Å². The number of ketones is 1. The van der Waals surface area contributed by atoms with Crippen molar-refractivity contribution in [2.75, 3.05) is 4.72 Å². The Labute approximate surface area is 157 Å². The van der Waals surface area contributed by atoms with E-state index in [-0.39, 0.29) is 16.5 Å². The molecule has 0 amide bonds. The van der Waals surface area contributed by atoms with E-state index >= 15 is 0 Å². The van der Waals surface area contributed by atoms with Gasteiger partial charge in [-0.05, 0) is 60.2 Å². The summed E-state index contributed by atoms with van der Waals surface area (Å²) in [6, 6.07) is 19.9. The van der Waals surface area contributed by atoms with Gasteiger partial charge in [0.25, 0.3) is 10.0 Å². The number of halogens is 1. The molecule has 3 rings (SSSR count). The number of hydrogen-bond donors (Lipinski definition) is 1. The molecule has 0 spiro atoms. The summed E-state index contributed by atoms with van der Waals surface area (Å²) in [5, 5.41) is 0. The van der Waals surface area contributed by atoms with Gasteiger partial charge in [-0.3, -0.25) is 9.52 Å². The lowest BCUT2D eigenvalue weighted by Crippen LogP contribution is -2.12. The summed E-state index contributed by atoms with van der Waals surface area (Å²) in [5.74, 6) is -0.580. The molecule has 136 valence electrons. The minimum absolute atomic E-state index is 0.160. The first-order valence-corrected chi connectivity index (χ1v) is 9.58. The zero-order valence-electron chi connectivity index (χ0n) is 14.2. The molecule has 0 unspecified atom stereocenters. The number of carbonyl (C=O) groups is 1. The first kappa shape index (κ1) is 18.5. The molecule has 0 radical (unpaired) electrons. The SMILES string of the molecule is O=C(/C=C/c1ccc(F)cc1)c1ccc(NS(=O)(=O)c2ccccc2)cc1. The Balaban J connectivity index is 1.69. The lowest BCUT2D eigenvalue weighted by atomic mass is 10.1. The summed E-state index contributed by atoms with van der Waals surface area (Å²) >= 11 is 0. The van der Waals surface area contributed by atoms with Crippen LogP contribution in [0.2, 0.25) is 0 Å². The highest BCUT2D eigenvalue weighted by Crippen LogP contribution is 2.17. The van der Waals surface area contributed by atoms with E-state index in [0.717, 1.165) is 0 Å². The Morgan fingerprint density at radius 1 is 0.852 bits per heavy atom. The van der Waals surface area contributed by atoms with Crippen LogP contribution in [0.4, 0.5) is 10.1 Å². The van der Waals surface area contributed by atoms with Gasteiger partial charge in [-0.1, -0.05) is 36.4 Å². The molecule has 0 atom stereocenters. The van der Waals surface area contributed by atoms with Crippen molar-refractivity contribution >= 4 is 27.6 Å². The topological polar surface area (TPSA) is 63.2 Å². The van der Waals surface area contributed by atoms with Crippen molar-refractivity contribution in [2.24, 2.45) is 0 Å². The van der Waals surface area contributed by atoms with E-state index in [4.69, 9.17) is 0 Å². The largest absolute Gasteiger partial charge is 0.289 e. The van der Waals surface area contributed by atoms with Gasteiger partial charge in [0, 0.05) is 11.3 Å². The van der Waals surface area contributed by atoms with E-state index in [2.05, 4.69) is 4.72 Å². The molecule has 0 saturated carbocycles. The molecule has 0 heterocycles. The molecule has 0 aliphatic heterocycles. The third kappa shape index (κ3) is 4.89. The average Bonchev–Trinajstić information content (AvgIpc) is 2.68. The Kier molecular flexibility index (Phi) is 5.47. The molecule has 0 bridgehead atoms. The molecule has 0 saturated heterocycles. The highest BCUT2D eigenvalue weighted by atomic mass is 32.2. The summed E-state index contributed by atoms with van der Waals surface area (Å²) in [7, 11) is -3.68. The van der Waals surface area contributed by atoms with Gasteiger partial charge < -0.3 is 0 Å². The summed E-state index contributed by atoms with van der Waals surface area (Å²) in [6.07, 6.45) is 2.98. The number of nitrogens with one attached hydrogen (secondary N) is 1. The Morgan fingerprint density at radius 2 is 1.48 bits per heavy atom. The number of hydrogen-bond acceptors (Lipinski definition) is 3.